The molecule has 0 aliphatic rings. The van der Waals surface area contributed by atoms with Crippen molar-refractivity contribution in [2.75, 3.05) is 0 Å². The molecule has 0 amide bonds. The molecule has 0 bridgehead atoms. The molecule has 0 aliphatic heterocycles. The van der Waals surface area contributed by atoms with Crippen molar-refractivity contribution in [1.82, 2.24) is 0 Å². The molecule has 6 heteroatoms. The first kappa shape index (κ1) is 10.9. The first-order valence-electron chi connectivity index (χ1n) is 1.39. The first-order chi connectivity index (χ1) is 3.46. The fraction of sp³-hybridized carbons (Fsp3) is 0. The standard InChI is InChI=1S/CH2O3.CHO2.Ca/c2-1(3)4;2-1-3;/h(H2,2,3,4);(H,2,3);/q;;+2/p-2. The summed E-state index contributed by atoms with van der Waals surface area (Å²) in [6, 6.07) is 0. The van der Waals surface area contributed by atoms with Gasteiger partial charge < -0.3 is 15.0 Å². The Labute approximate surface area is 68.6 Å². The van der Waals surface area contributed by atoms with Gasteiger partial charge in [0.05, 0.1) is 0 Å². The van der Waals surface area contributed by atoms with Gasteiger partial charge in [-0.1, -0.05) is 0 Å². The van der Waals surface area contributed by atoms with Gasteiger partial charge in [-0.25, -0.2) is 0 Å². The van der Waals surface area contributed by atoms with Crippen molar-refractivity contribution >= 4 is 44.0 Å². The minimum atomic E-state index is -2.33. The first-order valence-corrected chi connectivity index (χ1v) is 2.50. The van der Waals surface area contributed by atoms with Crippen LogP contribution in [0.25, 0.3) is 0 Å². The summed E-state index contributed by atoms with van der Waals surface area (Å²) in [6.45, 7) is 0. The van der Waals surface area contributed by atoms with Crippen LogP contribution in [-0.2, 0) is 0 Å². The van der Waals surface area contributed by atoms with Gasteiger partial charge in [-0.05, 0) is 6.16 Å². The molecule has 0 fully saturated rings. The average molecular weight is 145 g/mol. The number of carbonyl (C=O) groups excluding carboxylic acids is 1. The van der Waals surface area contributed by atoms with Crippen LogP contribution >= 0.6 is 0 Å². The van der Waals surface area contributed by atoms with Gasteiger partial charge in [0.2, 0.25) is 0 Å². The monoisotopic (exact) mass is 145 g/mol. The molecule has 41 valence electrons. The van der Waals surface area contributed by atoms with Crippen molar-refractivity contribution in [2.45, 2.75) is 0 Å². The second-order valence-electron chi connectivity index (χ2n) is 0.644. The number of carboxylic acid groups (broad SMARTS) is 3. The molecule has 0 spiro atoms. The normalized spacial score (nSPS) is 6.12. The number of rotatable bonds is 0. The second-order valence-corrected chi connectivity index (χ2v) is 1.59. The van der Waals surface area contributed by atoms with Crippen LogP contribution < -0.4 is 10.2 Å². The zero-order chi connectivity index (χ0) is 7.15. The van der Waals surface area contributed by atoms with Gasteiger partial charge in [0.15, 0.2) is 0 Å². The number of hydrogen-bond acceptors (Lipinski definition) is 4. The molecule has 5 nitrogen and oxygen atoms in total. The predicted octanol–water partition coefficient (Wildman–Crippen LogP) is -2.61. The summed E-state index contributed by atoms with van der Waals surface area (Å²) in [6.07, 6.45) is -2.33. The van der Waals surface area contributed by atoms with Gasteiger partial charge in [0.25, 0.3) is 0 Å². The summed E-state index contributed by atoms with van der Waals surface area (Å²) < 4.78 is -0.708. The predicted molar refractivity (Wildman–Crippen MR) is 19.2 cm³/mol. The Morgan fingerprint density at radius 1 is 1.38 bits per heavy atom. The van der Waals surface area contributed by atoms with Gasteiger partial charge in [0.1, 0.15) is 0 Å². The minimum absolute atomic E-state index is 0.347. The molecule has 0 aromatic heterocycles. The maximum absolute atomic E-state index is 9.06. The Kier molecular flexibility index (Phi) is 9.53. The topological polar surface area (TPSA) is 100 Å². The third kappa shape index (κ3) is 2220000000. The van der Waals surface area contributed by atoms with Crippen LogP contribution in [0.4, 0.5) is 9.59 Å². The molecule has 0 saturated heterocycles. The molecule has 0 aromatic rings. The van der Waals surface area contributed by atoms with Crippen LogP contribution in [0.1, 0.15) is 0 Å². The van der Waals surface area contributed by atoms with Crippen molar-refractivity contribution in [3.63, 3.8) is 0 Å². The Morgan fingerprint density at radius 2 is 1.38 bits per heavy atom. The van der Waals surface area contributed by atoms with Crippen LogP contribution in [0.5, 0.6) is 0 Å². The van der Waals surface area contributed by atoms with E-state index in [1.54, 1.807) is 0 Å². The maximum atomic E-state index is 9.06. The van der Waals surface area contributed by atoms with Gasteiger partial charge in [0, 0.05) is 0 Å². The fourth-order valence-electron chi connectivity index (χ4n) is 0. The summed E-state index contributed by atoms with van der Waals surface area (Å²) in [5, 5.41) is 24.1. The van der Waals surface area contributed by atoms with E-state index >= 15 is 0 Å². The molecular weight excluding hydrogens is 144 g/mol. The molecule has 0 atom stereocenters. The molecule has 0 rings (SSSR count). The summed E-state index contributed by atoms with van der Waals surface area (Å²) in [7, 11) is 0. The molecule has 0 unspecified atom stereocenters. The van der Waals surface area contributed by atoms with Gasteiger partial charge >= 0.3 is 47.8 Å². The van der Waals surface area contributed by atoms with E-state index in [4.69, 9.17) is 24.9 Å². The average Bonchev–Trinajstić information content (AvgIpc) is 1.25. The molecule has 1 N–H and O–H groups in total. The number of hydrogen-bond donors (Lipinski definition) is 1. The van der Waals surface area contributed by atoms with Crippen LogP contribution in [0.2, 0.25) is 0 Å². The van der Waals surface area contributed by atoms with Crippen LogP contribution in [0.3, 0.4) is 0 Å². The second kappa shape index (κ2) is 7.00. The summed E-state index contributed by atoms with van der Waals surface area (Å²) in [5.74, 6) is 0. The summed E-state index contributed by atoms with van der Waals surface area (Å²) in [5.41, 5.74) is 0. The van der Waals surface area contributed by atoms with Crippen molar-refractivity contribution in [2.24, 2.45) is 0 Å². The molecule has 0 saturated carbocycles. The van der Waals surface area contributed by atoms with Gasteiger partial charge in [-0.2, -0.15) is 0 Å². The van der Waals surface area contributed by atoms with Gasteiger partial charge in [-0.3, -0.25) is 0 Å². The zero-order valence-electron chi connectivity index (χ0n) is 3.79. The van der Waals surface area contributed by atoms with Crippen LogP contribution in [0.15, 0.2) is 0 Å². The van der Waals surface area contributed by atoms with Crippen molar-refractivity contribution in [1.29, 1.82) is 0 Å². The van der Waals surface area contributed by atoms with E-state index in [-0.39, 0.29) is 0 Å². The Hall–Kier alpha value is -0.000260. The third-order valence-electron chi connectivity index (χ3n) is 0. The van der Waals surface area contributed by atoms with E-state index in [1.807, 2.05) is 0 Å². The molecule has 0 aliphatic carbocycles. The van der Waals surface area contributed by atoms with Crippen LogP contribution in [0, 0.1) is 0 Å². The number of carbonyl (C=O) groups is 2. The third-order valence-corrected chi connectivity index (χ3v) is 0. The SMILES string of the molecule is O=C([O-])[O-].O=[C](O)[Ca+2]. The molecule has 7 radical (unpaired) electrons. The van der Waals surface area contributed by atoms with E-state index in [1.165, 1.54) is 0 Å². The Morgan fingerprint density at radius 3 is 1.38 bits per heavy atom. The summed E-state index contributed by atoms with van der Waals surface area (Å²) >= 11 is 0.347. The zero-order valence-corrected chi connectivity index (χ0v) is 6.00. The van der Waals surface area contributed by atoms with Crippen LogP contribution in [-0.4, -0.2) is 49.1 Å². The van der Waals surface area contributed by atoms with E-state index in [9.17, 15) is 0 Å². The van der Waals surface area contributed by atoms with E-state index in [2.05, 4.69) is 0 Å². The fourth-order valence-corrected chi connectivity index (χ4v) is 0. The van der Waals surface area contributed by atoms with E-state index < -0.39 is 8.22 Å². The molecule has 0 heterocycles. The van der Waals surface area contributed by atoms with Crippen molar-refractivity contribution in [3.05, 3.63) is 0 Å². The molecule has 0 aromatic carbocycles. The Balaban J connectivity index is 0. The van der Waals surface area contributed by atoms with Crippen molar-refractivity contribution in [3.8, 4) is 0 Å². The summed E-state index contributed by atoms with van der Waals surface area (Å²) in [4.78, 5) is 17.4. The quantitative estimate of drug-likeness (QED) is 0.376. The molecule has 8 heavy (non-hydrogen) atoms. The van der Waals surface area contributed by atoms with E-state index in [0.29, 0.717) is 35.8 Å². The molecular formula is C2HCaO5. The van der Waals surface area contributed by atoms with E-state index in [0.717, 1.165) is 0 Å². The Bertz CT molecular complexity index is 68.4. The van der Waals surface area contributed by atoms with Gasteiger partial charge in [-0.15, -0.1) is 0 Å². The van der Waals surface area contributed by atoms with Crippen molar-refractivity contribution < 1.29 is 24.9 Å².